The zero-order chi connectivity index (χ0) is 20.5. The Hall–Kier alpha value is -3.23. The van der Waals surface area contributed by atoms with Gasteiger partial charge >= 0.3 is 0 Å². The van der Waals surface area contributed by atoms with Gasteiger partial charge in [0.25, 0.3) is 5.91 Å². The van der Waals surface area contributed by atoms with Gasteiger partial charge in [0.05, 0.1) is 36.6 Å². The summed E-state index contributed by atoms with van der Waals surface area (Å²) < 4.78 is 7.43. The number of imidazole rings is 1. The van der Waals surface area contributed by atoms with Gasteiger partial charge in [-0.1, -0.05) is 12.1 Å². The second-order valence-electron chi connectivity index (χ2n) is 7.53. The highest BCUT2D eigenvalue weighted by Gasteiger charge is 2.13. The molecule has 1 fully saturated rings. The minimum Gasteiger partial charge on any atom is -0.379 e. The van der Waals surface area contributed by atoms with Gasteiger partial charge in [0.15, 0.2) is 5.65 Å². The second-order valence-corrected chi connectivity index (χ2v) is 7.53. The van der Waals surface area contributed by atoms with Gasteiger partial charge in [0.1, 0.15) is 5.82 Å². The second kappa shape index (κ2) is 7.89. The van der Waals surface area contributed by atoms with E-state index in [1.807, 2.05) is 37.4 Å². The van der Waals surface area contributed by atoms with E-state index in [2.05, 4.69) is 35.6 Å². The van der Waals surface area contributed by atoms with E-state index < -0.39 is 0 Å². The molecule has 1 aliphatic heterocycles. The van der Waals surface area contributed by atoms with Crippen LogP contribution in [0.2, 0.25) is 0 Å². The number of carbonyl (C=O) groups excluding carboxylic acids is 1. The molecule has 8 nitrogen and oxygen atoms in total. The van der Waals surface area contributed by atoms with Crippen molar-refractivity contribution in [2.45, 2.75) is 6.92 Å². The summed E-state index contributed by atoms with van der Waals surface area (Å²) >= 11 is 0. The predicted octanol–water partition coefficient (Wildman–Crippen LogP) is 2.25. The van der Waals surface area contributed by atoms with Crippen LogP contribution in [0, 0.1) is 6.92 Å². The van der Waals surface area contributed by atoms with Gasteiger partial charge < -0.3 is 15.0 Å². The topological polar surface area (TPSA) is 87.5 Å². The largest absolute Gasteiger partial charge is 0.379 e. The maximum atomic E-state index is 12.6. The number of hydrogen-bond acceptors (Lipinski definition) is 5. The number of hydrogen-bond donors (Lipinski definition) is 2. The number of nitrogens with one attached hydrogen (secondary N) is 2. The molecule has 0 unspecified atom stereocenters. The highest BCUT2D eigenvalue weighted by Crippen LogP contribution is 2.25. The number of aromatic amines is 1. The number of morpholine rings is 1. The van der Waals surface area contributed by atoms with Crippen molar-refractivity contribution < 1.29 is 9.53 Å². The van der Waals surface area contributed by atoms with Gasteiger partial charge in [-0.3, -0.25) is 14.1 Å². The monoisotopic (exact) mass is 404 g/mol. The Morgan fingerprint density at radius 1 is 1.20 bits per heavy atom. The average molecular weight is 404 g/mol. The number of benzene rings is 1. The highest BCUT2D eigenvalue weighted by atomic mass is 16.5. The Balaban J connectivity index is 1.34. The van der Waals surface area contributed by atoms with E-state index in [0.717, 1.165) is 66.6 Å². The van der Waals surface area contributed by atoms with Gasteiger partial charge in [-0.05, 0) is 30.7 Å². The molecule has 0 atom stereocenters. The van der Waals surface area contributed by atoms with Crippen molar-refractivity contribution in [3.05, 3.63) is 54.1 Å². The van der Waals surface area contributed by atoms with Gasteiger partial charge in [-0.2, -0.15) is 0 Å². The zero-order valence-electron chi connectivity index (χ0n) is 16.9. The fourth-order valence-electron chi connectivity index (χ4n) is 3.94. The summed E-state index contributed by atoms with van der Waals surface area (Å²) in [5.41, 5.74) is 5.22. The van der Waals surface area contributed by atoms with Crippen LogP contribution in [0.25, 0.3) is 27.9 Å². The minimum absolute atomic E-state index is 0.0628. The number of rotatable bonds is 5. The van der Waals surface area contributed by atoms with Crippen molar-refractivity contribution in [1.82, 2.24) is 29.6 Å². The Morgan fingerprint density at radius 3 is 2.90 bits per heavy atom. The first kappa shape index (κ1) is 18.8. The van der Waals surface area contributed by atoms with Crippen molar-refractivity contribution in [3.63, 3.8) is 0 Å². The first-order valence-electron chi connectivity index (χ1n) is 10.2. The molecule has 0 aliphatic carbocycles. The molecule has 0 saturated carbocycles. The molecule has 2 N–H and O–H groups in total. The summed E-state index contributed by atoms with van der Waals surface area (Å²) in [6.45, 7) is 6.80. The van der Waals surface area contributed by atoms with E-state index in [0.29, 0.717) is 12.1 Å². The van der Waals surface area contributed by atoms with E-state index in [4.69, 9.17) is 4.74 Å². The van der Waals surface area contributed by atoms with Crippen molar-refractivity contribution in [1.29, 1.82) is 0 Å². The van der Waals surface area contributed by atoms with Crippen LogP contribution in [0.4, 0.5) is 0 Å². The molecular formula is C22H24N6O2. The molecule has 154 valence electrons. The molecule has 5 rings (SSSR count). The number of aromatic nitrogens is 4. The minimum atomic E-state index is -0.0628. The molecule has 0 bridgehead atoms. The van der Waals surface area contributed by atoms with Crippen LogP contribution >= 0.6 is 0 Å². The SMILES string of the molecule is Cc1ncc2cnc3[nH]c(-c4cccc(C(=O)NCCN5CCOCC5)c4)cc3n12. The molecule has 4 aromatic rings. The van der Waals surface area contributed by atoms with E-state index >= 15 is 0 Å². The Bertz CT molecular complexity index is 1210. The number of aryl methyl sites for hydroxylation is 1. The van der Waals surface area contributed by atoms with E-state index in [1.54, 1.807) is 6.20 Å². The van der Waals surface area contributed by atoms with Crippen LogP contribution in [0.3, 0.4) is 0 Å². The molecule has 1 amide bonds. The van der Waals surface area contributed by atoms with Crippen LogP contribution in [0.1, 0.15) is 16.2 Å². The summed E-state index contributed by atoms with van der Waals surface area (Å²) in [5.74, 6) is 0.850. The van der Waals surface area contributed by atoms with Crippen molar-refractivity contribution in [2.75, 3.05) is 39.4 Å². The Kier molecular flexibility index (Phi) is 4.94. The van der Waals surface area contributed by atoms with Gasteiger partial charge in [-0.15, -0.1) is 0 Å². The number of ether oxygens (including phenoxy) is 1. The van der Waals surface area contributed by atoms with Crippen LogP contribution in [-0.4, -0.2) is 69.6 Å². The zero-order valence-corrected chi connectivity index (χ0v) is 16.9. The van der Waals surface area contributed by atoms with Crippen LogP contribution < -0.4 is 5.32 Å². The van der Waals surface area contributed by atoms with Crippen molar-refractivity contribution >= 4 is 22.6 Å². The summed E-state index contributed by atoms with van der Waals surface area (Å²) in [6.07, 6.45) is 3.62. The predicted molar refractivity (Wildman–Crippen MR) is 115 cm³/mol. The summed E-state index contributed by atoms with van der Waals surface area (Å²) in [4.78, 5) is 27.2. The van der Waals surface area contributed by atoms with Crippen LogP contribution in [-0.2, 0) is 4.74 Å². The molecule has 3 aromatic heterocycles. The molecular weight excluding hydrogens is 380 g/mol. The fourth-order valence-corrected chi connectivity index (χ4v) is 3.94. The molecule has 4 heterocycles. The summed E-state index contributed by atoms with van der Waals surface area (Å²) in [5, 5.41) is 3.02. The first-order valence-corrected chi connectivity index (χ1v) is 10.2. The smallest absolute Gasteiger partial charge is 0.251 e. The third-order valence-electron chi connectivity index (χ3n) is 5.56. The maximum Gasteiger partial charge on any atom is 0.251 e. The van der Waals surface area contributed by atoms with Gasteiger partial charge in [0.2, 0.25) is 0 Å². The molecule has 0 radical (unpaired) electrons. The highest BCUT2D eigenvalue weighted by molar-refractivity contribution is 5.95. The number of H-pyrrole nitrogens is 1. The van der Waals surface area contributed by atoms with Crippen LogP contribution in [0.15, 0.2) is 42.7 Å². The number of amides is 1. The van der Waals surface area contributed by atoms with E-state index in [1.165, 1.54) is 0 Å². The number of fused-ring (bicyclic) bond motifs is 3. The number of carbonyl (C=O) groups is 1. The van der Waals surface area contributed by atoms with Gasteiger partial charge in [-0.25, -0.2) is 9.97 Å². The Labute approximate surface area is 173 Å². The molecule has 8 heteroatoms. The van der Waals surface area contributed by atoms with E-state index in [9.17, 15) is 4.79 Å². The maximum absolute atomic E-state index is 12.6. The molecule has 1 aromatic carbocycles. The number of nitrogens with zero attached hydrogens (tertiary/aromatic N) is 4. The normalized spacial score (nSPS) is 15.1. The Morgan fingerprint density at radius 2 is 2.03 bits per heavy atom. The lowest BCUT2D eigenvalue weighted by molar-refractivity contribution is 0.0383. The summed E-state index contributed by atoms with van der Waals surface area (Å²) in [7, 11) is 0. The molecule has 1 aliphatic rings. The van der Waals surface area contributed by atoms with E-state index in [-0.39, 0.29) is 5.91 Å². The van der Waals surface area contributed by atoms with Gasteiger partial charge in [0, 0.05) is 37.4 Å². The first-order chi connectivity index (χ1) is 14.7. The van der Waals surface area contributed by atoms with Crippen molar-refractivity contribution in [2.24, 2.45) is 0 Å². The molecule has 0 spiro atoms. The van der Waals surface area contributed by atoms with Crippen molar-refractivity contribution in [3.8, 4) is 11.3 Å². The summed E-state index contributed by atoms with van der Waals surface area (Å²) in [6, 6.07) is 9.70. The third-order valence-corrected chi connectivity index (χ3v) is 5.56. The molecule has 30 heavy (non-hydrogen) atoms. The quantitative estimate of drug-likeness (QED) is 0.533. The average Bonchev–Trinajstić information content (AvgIpc) is 3.38. The standard InChI is InChI=1S/C22H24N6O2/c1-15-24-13-18-14-25-21-20(28(15)18)12-19(26-21)16-3-2-4-17(11-16)22(29)23-5-6-27-7-9-30-10-8-27/h2-4,11-14,26H,5-10H2,1H3,(H,23,29). The van der Waals surface area contributed by atoms with Crippen LogP contribution in [0.5, 0.6) is 0 Å². The fraction of sp³-hybridized carbons (Fsp3) is 0.318. The lowest BCUT2D eigenvalue weighted by Crippen LogP contribution is -2.41. The molecule has 1 saturated heterocycles. The lowest BCUT2D eigenvalue weighted by atomic mass is 10.1. The third kappa shape index (κ3) is 3.55. The lowest BCUT2D eigenvalue weighted by Gasteiger charge is -2.26.